The zero-order valence-corrected chi connectivity index (χ0v) is 21.2. The molecule has 3 aromatic carbocycles. The smallest absolute Gasteiger partial charge is 0.237 e. The number of hydrogen-bond donors (Lipinski definition) is 1. The number of furan rings is 1. The molecule has 3 aromatic heterocycles. The van der Waals surface area contributed by atoms with Crippen molar-refractivity contribution in [3.05, 3.63) is 79.1 Å². The highest BCUT2D eigenvalue weighted by Gasteiger charge is 2.21. The summed E-state index contributed by atoms with van der Waals surface area (Å²) in [6, 6.07) is 23.8. The van der Waals surface area contributed by atoms with Crippen molar-refractivity contribution < 1.29 is 13.9 Å². The number of methoxy groups -OCH3 is 1. The molecular formula is C28H21N3O3S2. The molecule has 0 aliphatic heterocycles. The van der Waals surface area contributed by atoms with Crippen molar-refractivity contribution in [1.82, 2.24) is 9.97 Å². The van der Waals surface area contributed by atoms with Gasteiger partial charge in [-0.05, 0) is 30.7 Å². The molecule has 0 aliphatic rings. The molecule has 0 aliphatic carbocycles. The lowest BCUT2D eigenvalue weighted by molar-refractivity contribution is -0.115. The van der Waals surface area contributed by atoms with E-state index in [-0.39, 0.29) is 5.91 Å². The van der Waals surface area contributed by atoms with E-state index in [0.29, 0.717) is 17.0 Å². The molecule has 1 atom stereocenters. The summed E-state index contributed by atoms with van der Waals surface area (Å²) in [5.41, 5.74) is 3.18. The first-order chi connectivity index (χ1) is 17.6. The Morgan fingerprint density at radius 3 is 2.61 bits per heavy atom. The zero-order valence-electron chi connectivity index (χ0n) is 19.5. The van der Waals surface area contributed by atoms with E-state index >= 15 is 0 Å². The van der Waals surface area contributed by atoms with Gasteiger partial charge in [-0.25, -0.2) is 9.97 Å². The van der Waals surface area contributed by atoms with Crippen molar-refractivity contribution in [2.45, 2.75) is 17.2 Å². The first-order valence-corrected chi connectivity index (χ1v) is 13.1. The number of fused-ring (bicyclic) bond motifs is 4. The number of thiophene rings is 1. The molecule has 0 radical (unpaired) electrons. The molecular weight excluding hydrogens is 490 g/mol. The molecule has 6 aromatic rings. The van der Waals surface area contributed by atoms with E-state index in [1.165, 1.54) is 11.8 Å². The number of carbonyl (C=O) groups is 1. The number of nitrogens with zero attached hydrogens (tertiary/aromatic N) is 2. The molecule has 36 heavy (non-hydrogen) atoms. The van der Waals surface area contributed by atoms with Crippen LogP contribution in [-0.4, -0.2) is 28.2 Å². The second-order valence-electron chi connectivity index (χ2n) is 8.27. The number of amides is 1. The lowest BCUT2D eigenvalue weighted by Gasteiger charge is -2.14. The van der Waals surface area contributed by atoms with Crippen LogP contribution in [0.4, 0.5) is 5.69 Å². The van der Waals surface area contributed by atoms with Crippen LogP contribution in [0.1, 0.15) is 6.92 Å². The van der Waals surface area contributed by atoms with Gasteiger partial charge in [0.2, 0.25) is 5.91 Å². The van der Waals surface area contributed by atoms with Crippen LogP contribution in [0.3, 0.4) is 0 Å². The minimum Gasteiger partial charge on any atom is -0.495 e. The number of ether oxygens (including phenoxy) is 1. The van der Waals surface area contributed by atoms with Crippen LogP contribution in [0.5, 0.6) is 5.75 Å². The van der Waals surface area contributed by atoms with E-state index in [0.717, 1.165) is 42.0 Å². The highest BCUT2D eigenvalue weighted by atomic mass is 32.2. The maximum absolute atomic E-state index is 13.2. The van der Waals surface area contributed by atoms with Crippen molar-refractivity contribution in [1.29, 1.82) is 0 Å². The van der Waals surface area contributed by atoms with Crippen molar-refractivity contribution in [2.24, 2.45) is 0 Å². The summed E-state index contributed by atoms with van der Waals surface area (Å²) >= 11 is 3.03. The van der Waals surface area contributed by atoms with Gasteiger partial charge in [-0.3, -0.25) is 4.79 Å². The Morgan fingerprint density at radius 1 is 0.972 bits per heavy atom. The summed E-state index contributed by atoms with van der Waals surface area (Å²) in [6.45, 7) is 1.87. The average Bonchev–Trinajstić information content (AvgIpc) is 3.50. The molecule has 8 heteroatoms. The molecule has 0 fully saturated rings. The van der Waals surface area contributed by atoms with Gasteiger partial charge in [0.1, 0.15) is 33.1 Å². The topological polar surface area (TPSA) is 77.2 Å². The van der Waals surface area contributed by atoms with Crippen molar-refractivity contribution in [3.8, 4) is 16.2 Å². The lowest BCUT2D eigenvalue weighted by atomic mass is 10.1. The van der Waals surface area contributed by atoms with Gasteiger partial charge in [0.15, 0.2) is 0 Å². The van der Waals surface area contributed by atoms with Gasteiger partial charge in [-0.1, -0.05) is 60.3 Å². The summed E-state index contributed by atoms with van der Waals surface area (Å²) in [6.07, 6.45) is 1.55. The van der Waals surface area contributed by atoms with E-state index in [4.69, 9.17) is 9.15 Å². The maximum atomic E-state index is 13.2. The van der Waals surface area contributed by atoms with Crippen LogP contribution in [0.15, 0.2) is 88.6 Å². The summed E-state index contributed by atoms with van der Waals surface area (Å²) in [4.78, 5) is 24.1. The van der Waals surface area contributed by atoms with Gasteiger partial charge in [0.05, 0.1) is 18.0 Å². The van der Waals surface area contributed by atoms with Crippen LogP contribution >= 0.6 is 23.1 Å². The van der Waals surface area contributed by atoms with Gasteiger partial charge in [-0.15, -0.1) is 11.3 Å². The third-order valence-electron chi connectivity index (χ3n) is 5.97. The monoisotopic (exact) mass is 511 g/mol. The third-order valence-corrected chi connectivity index (χ3v) is 8.17. The number of nitrogens with one attached hydrogen (secondary N) is 1. The Balaban J connectivity index is 1.26. The van der Waals surface area contributed by atoms with Crippen molar-refractivity contribution >= 4 is 66.8 Å². The van der Waals surface area contributed by atoms with E-state index in [9.17, 15) is 4.79 Å². The first-order valence-electron chi connectivity index (χ1n) is 11.4. The van der Waals surface area contributed by atoms with Crippen molar-refractivity contribution in [3.63, 3.8) is 0 Å². The third kappa shape index (κ3) is 4.08. The summed E-state index contributed by atoms with van der Waals surface area (Å²) in [5.74, 6) is 0.424. The molecule has 6 rings (SSSR count). The molecule has 0 bridgehead atoms. The predicted octanol–water partition coefficient (Wildman–Crippen LogP) is 7.39. The van der Waals surface area contributed by atoms with E-state index in [1.54, 1.807) is 24.8 Å². The van der Waals surface area contributed by atoms with Gasteiger partial charge < -0.3 is 14.5 Å². The highest BCUT2D eigenvalue weighted by molar-refractivity contribution is 8.00. The van der Waals surface area contributed by atoms with Gasteiger partial charge in [0.25, 0.3) is 0 Å². The van der Waals surface area contributed by atoms with E-state index in [1.807, 2.05) is 61.5 Å². The Morgan fingerprint density at radius 2 is 1.78 bits per heavy atom. The van der Waals surface area contributed by atoms with Gasteiger partial charge in [-0.2, -0.15) is 0 Å². The zero-order chi connectivity index (χ0) is 24.6. The Hall–Kier alpha value is -3.88. The molecule has 178 valence electrons. The number of carbonyl (C=O) groups excluding carboxylic acids is 1. The molecule has 0 spiro atoms. The molecule has 3 heterocycles. The fraction of sp³-hybridized carbons (Fsp3) is 0.107. The molecule has 0 saturated carbocycles. The minimum atomic E-state index is -0.403. The number of para-hydroxylation sites is 1. The number of hydrogen-bond acceptors (Lipinski definition) is 7. The summed E-state index contributed by atoms with van der Waals surface area (Å²) < 4.78 is 11.6. The van der Waals surface area contributed by atoms with Crippen LogP contribution in [0, 0.1) is 0 Å². The Kier molecular flexibility index (Phi) is 5.83. The van der Waals surface area contributed by atoms with Crippen molar-refractivity contribution in [2.75, 3.05) is 12.4 Å². The second kappa shape index (κ2) is 9.29. The van der Waals surface area contributed by atoms with E-state index in [2.05, 4.69) is 33.5 Å². The molecule has 0 unspecified atom stereocenters. The highest BCUT2D eigenvalue weighted by Crippen LogP contribution is 2.39. The Labute approximate surface area is 215 Å². The fourth-order valence-electron chi connectivity index (χ4n) is 4.15. The number of anilines is 1. The number of aromatic nitrogens is 2. The first kappa shape index (κ1) is 22.6. The van der Waals surface area contributed by atoms with Crippen LogP contribution in [-0.2, 0) is 4.79 Å². The van der Waals surface area contributed by atoms with Crippen LogP contribution in [0.2, 0.25) is 0 Å². The molecule has 1 N–H and O–H groups in total. The van der Waals surface area contributed by atoms with Crippen LogP contribution in [0.25, 0.3) is 42.6 Å². The Bertz CT molecular complexity index is 1730. The van der Waals surface area contributed by atoms with Crippen LogP contribution < -0.4 is 10.1 Å². The fourth-order valence-corrected chi connectivity index (χ4v) is 6.11. The second-order valence-corrected chi connectivity index (χ2v) is 10.6. The molecule has 0 saturated heterocycles. The van der Waals surface area contributed by atoms with Gasteiger partial charge in [0, 0.05) is 27.1 Å². The number of benzene rings is 3. The molecule has 6 nitrogen and oxygen atoms in total. The number of rotatable bonds is 6. The lowest BCUT2D eigenvalue weighted by Crippen LogP contribution is -2.22. The predicted molar refractivity (Wildman–Crippen MR) is 147 cm³/mol. The average molecular weight is 512 g/mol. The largest absolute Gasteiger partial charge is 0.495 e. The quantitative estimate of drug-likeness (QED) is 0.186. The normalized spacial score (nSPS) is 12.3. The SMILES string of the molecule is COc1cc2c(cc1NC(=O)[C@@H](C)Sc1ncnc3sc(-c4ccccc4)cc13)oc1ccccc12. The summed E-state index contributed by atoms with van der Waals surface area (Å²) in [7, 11) is 1.59. The summed E-state index contributed by atoms with van der Waals surface area (Å²) in [5, 5.41) is 6.29. The number of thioether (sulfide) groups is 1. The standard InChI is InChI=1S/C28H21N3O3S2/c1-16(35-27-20-13-25(17-8-4-3-5-9-17)36-28(20)30-15-29-27)26(32)31-21-14-23-19(12-24(21)33-2)18-10-6-7-11-22(18)34-23/h3-16H,1-2H3,(H,31,32)/t16-/m1/s1. The van der Waals surface area contributed by atoms with Gasteiger partial charge >= 0.3 is 0 Å². The van der Waals surface area contributed by atoms with E-state index < -0.39 is 5.25 Å². The maximum Gasteiger partial charge on any atom is 0.237 e. The minimum absolute atomic E-state index is 0.154. The molecule has 1 amide bonds.